The first-order valence-corrected chi connectivity index (χ1v) is 9.90. The molecule has 1 spiro atoms. The number of ether oxygens (including phenoxy) is 1. The van der Waals surface area contributed by atoms with Crippen LogP contribution >= 0.6 is 11.6 Å². The van der Waals surface area contributed by atoms with Crippen LogP contribution in [0.1, 0.15) is 35.2 Å². The van der Waals surface area contributed by atoms with Crippen molar-refractivity contribution in [3.8, 4) is 5.75 Å². The summed E-state index contributed by atoms with van der Waals surface area (Å²) in [4.78, 5) is 24.3. The predicted molar refractivity (Wildman–Crippen MR) is 109 cm³/mol. The molecule has 1 fully saturated rings. The van der Waals surface area contributed by atoms with Gasteiger partial charge in [-0.05, 0) is 36.8 Å². The molecule has 0 unspecified atom stereocenters. The lowest BCUT2D eigenvalue weighted by molar-refractivity contribution is 0.0225. The molecular formula is C22H20ClN3O2. The normalized spacial score (nSPS) is 18.2. The van der Waals surface area contributed by atoms with Gasteiger partial charge in [0.05, 0.1) is 29.2 Å². The lowest BCUT2D eigenvalue weighted by Crippen LogP contribution is -2.51. The number of hydrogen-bond donors (Lipinski definition) is 0. The molecule has 3 heterocycles. The largest absolute Gasteiger partial charge is 0.486 e. The van der Waals surface area contributed by atoms with E-state index >= 15 is 0 Å². The summed E-state index contributed by atoms with van der Waals surface area (Å²) in [7, 11) is 0. The number of nitrogens with zero attached hydrogens (tertiary/aromatic N) is 3. The van der Waals surface area contributed by atoms with Crippen molar-refractivity contribution in [3.63, 3.8) is 0 Å². The Hall–Kier alpha value is -2.66. The molecule has 3 aromatic rings. The molecule has 0 aliphatic carbocycles. The van der Waals surface area contributed by atoms with Crippen molar-refractivity contribution in [1.29, 1.82) is 0 Å². The lowest BCUT2D eigenvalue weighted by atomic mass is 9.82. The van der Waals surface area contributed by atoms with E-state index in [1.807, 2.05) is 43.5 Å². The topological polar surface area (TPSA) is 55.3 Å². The van der Waals surface area contributed by atoms with Crippen molar-refractivity contribution in [2.45, 2.75) is 31.8 Å². The first-order chi connectivity index (χ1) is 13.5. The molecule has 0 saturated carbocycles. The Bertz CT molecular complexity index is 1090. The van der Waals surface area contributed by atoms with Gasteiger partial charge in [0.1, 0.15) is 17.2 Å². The Morgan fingerprint density at radius 3 is 2.68 bits per heavy atom. The smallest absolute Gasteiger partial charge is 0.170 e. The van der Waals surface area contributed by atoms with E-state index in [1.54, 1.807) is 6.07 Å². The summed E-state index contributed by atoms with van der Waals surface area (Å²) in [6.07, 6.45) is 3.77. The second kappa shape index (κ2) is 6.45. The molecule has 6 heteroatoms. The fraction of sp³-hybridized carbons (Fsp3) is 0.318. The van der Waals surface area contributed by atoms with E-state index in [9.17, 15) is 4.79 Å². The number of anilines is 1. The van der Waals surface area contributed by atoms with Crippen molar-refractivity contribution < 1.29 is 9.53 Å². The number of halogens is 1. The number of benzene rings is 2. The van der Waals surface area contributed by atoms with Gasteiger partial charge in [-0.1, -0.05) is 23.7 Å². The summed E-state index contributed by atoms with van der Waals surface area (Å²) < 4.78 is 6.43. The second-order valence-electron chi connectivity index (χ2n) is 7.69. The molecule has 5 nitrogen and oxygen atoms in total. The zero-order valence-electron chi connectivity index (χ0n) is 15.6. The summed E-state index contributed by atoms with van der Waals surface area (Å²) in [5.74, 6) is 1.68. The van der Waals surface area contributed by atoms with Crippen LogP contribution in [0.3, 0.4) is 0 Å². The molecular weight excluding hydrogens is 374 g/mol. The quantitative estimate of drug-likeness (QED) is 0.605. The van der Waals surface area contributed by atoms with Crippen molar-refractivity contribution in [3.05, 3.63) is 58.7 Å². The SMILES string of the molecule is Cc1cc(Cl)cc2c1OC1(CCN(c3cnc4ccccc4n3)CC1)CC2=O. The van der Waals surface area contributed by atoms with Gasteiger partial charge in [0.2, 0.25) is 0 Å². The summed E-state index contributed by atoms with van der Waals surface area (Å²) in [6.45, 7) is 3.50. The Morgan fingerprint density at radius 2 is 1.89 bits per heavy atom. The molecule has 1 saturated heterocycles. The van der Waals surface area contributed by atoms with E-state index in [0.29, 0.717) is 22.8 Å². The molecule has 28 heavy (non-hydrogen) atoms. The Kier molecular flexibility index (Phi) is 4.02. The number of fused-ring (bicyclic) bond motifs is 2. The van der Waals surface area contributed by atoms with Crippen molar-refractivity contribution in [2.24, 2.45) is 0 Å². The van der Waals surface area contributed by atoms with E-state index in [4.69, 9.17) is 21.3 Å². The van der Waals surface area contributed by atoms with Gasteiger partial charge in [-0.25, -0.2) is 4.98 Å². The van der Waals surface area contributed by atoms with E-state index in [0.717, 1.165) is 48.3 Å². The molecule has 0 bridgehead atoms. The number of piperidine rings is 1. The van der Waals surface area contributed by atoms with Crippen molar-refractivity contribution in [2.75, 3.05) is 18.0 Å². The van der Waals surface area contributed by atoms with Gasteiger partial charge in [0, 0.05) is 31.0 Å². The zero-order valence-corrected chi connectivity index (χ0v) is 16.4. The van der Waals surface area contributed by atoms with Crippen molar-refractivity contribution >= 4 is 34.2 Å². The van der Waals surface area contributed by atoms with Crippen LogP contribution in [0.2, 0.25) is 5.02 Å². The third-order valence-electron chi connectivity index (χ3n) is 5.78. The Morgan fingerprint density at radius 1 is 1.14 bits per heavy atom. The number of para-hydroxylation sites is 2. The van der Waals surface area contributed by atoms with Gasteiger partial charge in [-0.2, -0.15) is 0 Å². The number of ketones is 1. The van der Waals surface area contributed by atoms with Gasteiger partial charge in [0.25, 0.3) is 0 Å². The number of carbonyl (C=O) groups is 1. The number of rotatable bonds is 1. The second-order valence-corrected chi connectivity index (χ2v) is 8.12. The number of aromatic nitrogens is 2. The molecule has 1 aromatic heterocycles. The average molecular weight is 394 g/mol. The first kappa shape index (κ1) is 17.4. The highest BCUT2D eigenvalue weighted by atomic mass is 35.5. The zero-order chi connectivity index (χ0) is 19.3. The molecule has 2 aliphatic heterocycles. The number of hydrogen-bond acceptors (Lipinski definition) is 5. The van der Waals surface area contributed by atoms with Gasteiger partial charge in [-0.3, -0.25) is 9.78 Å². The van der Waals surface area contributed by atoms with E-state index in [1.165, 1.54) is 0 Å². The molecule has 2 aliphatic rings. The summed E-state index contributed by atoms with van der Waals surface area (Å²) in [5, 5.41) is 0.578. The summed E-state index contributed by atoms with van der Waals surface area (Å²) >= 11 is 6.13. The summed E-state index contributed by atoms with van der Waals surface area (Å²) in [6, 6.07) is 11.5. The summed E-state index contributed by atoms with van der Waals surface area (Å²) in [5.41, 5.74) is 2.87. The molecule has 0 N–H and O–H groups in total. The average Bonchev–Trinajstić information content (AvgIpc) is 2.69. The minimum Gasteiger partial charge on any atom is -0.486 e. The first-order valence-electron chi connectivity index (χ1n) is 9.52. The third-order valence-corrected chi connectivity index (χ3v) is 5.99. The standard InChI is InChI=1S/C22H20ClN3O2/c1-14-10-15(23)11-16-19(27)12-22(28-21(14)16)6-8-26(9-7-22)20-13-24-17-4-2-3-5-18(17)25-20/h2-5,10-11,13H,6-9,12H2,1H3. The van der Waals surface area contributed by atoms with Crippen LogP contribution in [0.15, 0.2) is 42.6 Å². The van der Waals surface area contributed by atoms with E-state index in [2.05, 4.69) is 9.88 Å². The van der Waals surface area contributed by atoms with Crippen LogP contribution < -0.4 is 9.64 Å². The van der Waals surface area contributed by atoms with Gasteiger partial charge < -0.3 is 9.64 Å². The van der Waals surface area contributed by atoms with E-state index in [-0.39, 0.29) is 5.78 Å². The highest BCUT2D eigenvalue weighted by Gasteiger charge is 2.43. The molecule has 0 amide bonds. The van der Waals surface area contributed by atoms with Crippen LogP contribution in [0.4, 0.5) is 5.82 Å². The maximum Gasteiger partial charge on any atom is 0.170 e. The minimum atomic E-state index is -0.441. The minimum absolute atomic E-state index is 0.116. The monoisotopic (exact) mass is 393 g/mol. The molecule has 2 aromatic carbocycles. The maximum atomic E-state index is 12.8. The number of carbonyl (C=O) groups excluding carboxylic acids is 1. The van der Waals surface area contributed by atoms with Gasteiger partial charge in [0.15, 0.2) is 5.78 Å². The number of aryl methyl sites for hydroxylation is 1. The third kappa shape index (κ3) is 2.90. The van der Waals surface area contributed by atoms with Crippen molar-refractivity contribution in [1.82, 2.24) is 9.97 Å². The predicted octanol–water partition coefficient (Wildman–Crippen LogP) is 4.60. The van der Waals surface area contributed by atoms with Gasteiger partial charge in [-0.15, -0.1) is 0 Å². The van der Waals surface area contributed by atoms with Gasteiger partial charge >= 0.3 is 0 Å². The fourth-order valence-electron chi connectivity index (χ4n) is 4.23. The number of Topliss-reactive ketones (excluding diaryl/α,β-unsaturated/α-hetero) is 1. The van der Waals surface area contributed by atoms with E-state index < -0.39 is 5.60 Å². The van der Waals surface area contributed by atoms with Crippen LogP contribution in [0.5, 0.6) is 5.75 Å². The fourth-order valence-corrected chi connectivity index (χ4v) is 4.51. The molecule has 142 valence electrons. The lowest BCUT2D eigenvalue weighted by Gasteiger charge is -2.44. The molecule has 5 rings (SSSR count). The van der Waals surface area contributed by atoms with Crippen LogP contribution in [-0.2, 0) is 0 Å². The van der Waals surface area contributed by atoms with Crippen LogP contribution in [-0.4, -0.2) is 34.4 Å². The molecule has 0 atom stereocenters. The van der Waals surface area contributed by atoms with Crippen LogP contribution in [0.25, 0.3) is 11.0 Å². The highest BCUT2D eigenvalue weighted by Crippen LogP contribution is 2.42. The van der Waals surface area contributed by atoms with Crippen LogP contribution in [0, 0.1) is 6.92 Å². The Labute approximate surface area is 168 Å². The molecule has 0 radical (unpaired) electrons. The maximum absolute atomic E-state index is 12.8. The highest BCUT2D eigenvalue weighted by molar-refractivity contribution is 6.31. The Balaban J connectivity index is 1.38.